The average Bonchev–Trinajstić information content (AvgIpc) is 2.71. The smallest absolute Gasteiger partial charge is 0.147 e. The van der Waals surface area contributed by atoms with E-state index in [4.69, 9.17) is 11.6 Å². The zero-order valence-corrected chi connectivity index (χ0v) is 26.5. The summed E-state index contributed by atoms with van der Waals surface area (Å²) in [7, 11) is 0. The van der Waals surface area contributed by atoms with Crippen LogP contribution in [0.25, 0.3) is 0 Å². The molecule has 3 rings (SSSR count). The van der Waals surface area contributed by atoms with Crippen LogP contribution in [0.5, 0.6) is 11.5 Å². The van der Waals surface area contributed by atoms with E-state index in [0.29, 0.717) is 0 Å². The van der Waals surface area contributed by atoms with Crippen LogP contribution in [0.15, 0.2) is 48.7 Å². The zero-order chi connectivity index (χ0) is 25.3. The van der Waals surface area contributed by atoms with E-state index in [-0.39, 0.29) is 35.6 Å². The summed E-state index contributed by atoms with van der Waals surface area (Å²) >= 11 is -2.72. The number of aryl methyl sites for hydroxylation is 4. The molecule has 0 fully saturated rings. The fourth-order valence-corrected chi connectivity index (χ4v) is 6.23. The molecule has 0 atom stereocenters. The van der Waals surface area contributed by atoms with Crippen molar-refractivity contribution in [3.8, 4) is 11.5 Å². The minimum absolute atomic E-state index is 0. The van der Waals surface area contributed by atoms with E-state index >= 15 is 0 Å². The second-order valence-corrected chi connectivity index (χ2v) is 13.5. The van der Waals surface area contributed by atoms with Crippen molar-refractivity contribution in [2.24, 2.45) is 0 Å². The Kier molecular flexibility index (Phi) is 11.5. The summed E-state index contributed by atoms with van der Waals surface area (Å²) < 4.78 is 15.7. The van der Waals surface area contributed by atoms with Crippen molar-refractivity contribution >= 4 is 29.1 Å². The van der Waals surface area contributed by atoms with Gasteiger partial charge < -0.3 is 0 Å². The summed E-state index contributed by atoms with van der Waals surface area (Å²) in [5, 5.41) is 0. The maximum atomic E-state index is 6.77. The van der Waals surface area contributed by atoms with Crippen LogP contribution in [-0.4, -0.2) is 9.30 Å². The molecule has 1 aromatic heterocycles. The second kappa shape index (κ2) is 12.7. The number of hydrogen-bond acceptors (Lipinski definition) is 3. The molecule has 196 valence electrons. The number of nitrogens with zero attached hydrogens (tertiary/aromatic N) is 1. The fraction of sp³-hybridized carbons (Fsp3) is 0.400. The van der Waals surface area contributed by atoms with Gasteiger partial charge in [0.25, 0.3) is 0 Å². The molecule has 6 heteroatoms. The first-order valence-corrected chi connectivity index (χ1v) is 14.1. The molecule has 0 radical (unpaired) electrons. The van der Waals surface area contributed by atoms with Gasteiger partial charge >= 0.3 is 213 Å². The molecule has 0 amide bonds. The van der Waals surface area contributed by atoms with Crippen molar-refractivity contribution < 1.29 is 24.8 Å². The van der Waals surface area contributed by atoms with E-state index in [0.717, 1.165) is 28.3 Å². The van der Waals surface area contributed by atoms with Crippen LogP contribution >= 0.6 is 24.8 Å². The zero-order valence-electron chi connectivity index (χ0n) is 23.3. The minimum Gasteiger partial charge on any atom is -0.147 e. The topological polar surface area (TPSA) is 31.4 Å². The molecule has 0 N–H and O–H groups in total. The Balaban J connectivity index is 0.00000324. The minimum atomic E-state index is -2.72. The Hall–Kier alpha value is -1.65. The number of rotatable bonds is 5. The molecule has 0 spiro atoms. The van der Waals surface area contributed by atoms with Gasteiger partial charge in [0.2, 0.25) is 0 Å². The summed E-state index contributed by atoms with van der Waals surface area (Å²) in [5.74, 6) is 1.80. The van der Waals surface area contributed by atoms with Crippen molar-refractivity contribution in [3.05, 3.63) is 87.7 Å². The largest absolute Gasteiger partial charge is 0.147 e. The first-order valence-electron chi connectivity index (χ1n) is 12.0. The predicted octanol–water partition coefficient (Wildman–Crippen LogP) is 8.51. The molecular formula is C30H41Cl2NO2Ti. The molecule has 0 saturated heterocycles. The van der Waals surface area contributed by atoms with Gasteiger partial charge in [-0.3, -0.25) is 0 Å². The quantitative estimate of drug-likeness (QED) is 0.290. The maximum Gasteiger partial charge on any atom is -0.147 e. The van der Waals surface area contributed by atoms with Crippen LogP contribution in [0.3, 0.4) is 0 Å². The first kappa shape index (κ1) is 32.4. The SMILES string of the molecule is Cc1cnc([CH]=[Ti]([O]c2ccc(C)cc2C(C)(C)C)[O]c2ccc(C)cc2C(C)(C)C)c(C)c1.Cl.Cl. The molecule has 0 unspecified atom stereocenters. The molecule has 1 heterocycles. The molecule has 0 aliphatic carbocycles. The summed E-state index contributed by atoms with van der Waals surface area (Å²) in [4.78, 5) is 4.70. The summed E-state index contributed by atoms with van der Waals surface area (Å²) in [6, 6.07) is 15.0. The van der Waals surface area contributed by atoms with Crippen molar-refractivity contribution in [3.63, 3.8) is 0 Å². The van der Waals surface area contributed by atoms with Gasteiger partial charge in [0.1, 0.15) is 0 Å². The van der Waals surface area contributed by atoms with Crippen LogP contribution in [0, 0.1) is 27.7 Å². The summed E-state index contributed by atoms with van der Waals surface area (Å²) in [6.07, 6.45) is 1.91. The van der Waals surface area contributed by atoms with Crippen molar-refractivity contribution in [1.29, 1.82) is 0 Å². The molecule has 3 aromatic rings. The molecule has 0 bridgehead atoms. The third kappa shape index (κ3) is 8.45. The molecule has 3 nitrogen and oxygen atoms in total. The number of aromatic nitrogens is 1. The van der Waals surface area contributed by atoms with Crippen molar-refractivity contribution in [1.82, 2.24) is 4.98 Å². The first-order chi connectivity index (χ1) is 15.7. The number of halogens is 2. The monoisotopic (exact) mass is 565 g/mol. The van der Waals surface area contributed by atoms with Crippen molar-refractivity contribution in [2.45, 2.75) is 80.1 Å². The van der Waals surface area contributed by atoms with E-state index in [2.05, 4.69) is 116 Å². The normalized spacial score (nSPS) is 11.2. The van der Waals surface area contributed by atoms with Crippen LogP contribution in [0.1, 0.15) is 80.6 Å². The molecule has 0 aliphatic heterocycles. The molecule has 36 heavy (non-hydrogen) atoms. The Morgan fingerprint density at radius 2 is 1.11 bits per heavy atom. The Morgan fingerprint density at radius 3 is 1.50 bits per heavy atom. The number of pyridine rings is 1. The second-order valence-electron chi connectivity index (χ2n) is 11.4. The van der Waals surface area contributed by atoms with Crippen LogP contribution in [0.2, 0.25) is 0 Å². The Morgan fingerprint density at radius 1 is 0.667 bits per heavy atom. The van der Waals surface area contributed by atoms with E-state index in [1.54, 1.807) is 0 Å². The predicted molar refractivity (Wildman–Crippen MR) is 154 cm³/mol. The molecule has 0 aliphatic rings. The fourth-order valence-electron chi connectivity index (χ4n) is 3.92. The van der Waals surface area contributed by atoms with Gasteiger partial charge in [0.05, 0.1) is 0 Å². The van der Waals surface area contributed by atoms with Crippen molar-refractivity contribution in [2.75, 3.05) is 0 Å². The van der Waals surface area contributed by atoms with Gasteiger partial charge in [-0.25, -0.2) is 0 Å². The van der Waals surface area contributed by atoms with E-state index in [1.165, 1.54) is 22.3 Å². The Labute approximate surface area is 237 Å². The third-order valence-electron chi connectivity index (χ3n) is 5.82. The van der Waals surface area contributed by atoms with E-state index in [9.17, 15) is 0 Å². The summed E-state index contributed by atoms with van der Waals surface area (Å²) in [6.45, 7) is 21.8. The Bertz CT molecular complexity index is 1160. The maximum absolute atomic E-state index is 6.77. The number of hydrogen-bond donors (Lipinski definition) is 0. The average molecular weight is 566 g/mol. The molecule has 2 aromatic carbocycles. The summed E-state index contributed by atoms with van der Waals surface area (Å²) in [5.41, 5.74) is 8.01. The van der Waals surface area contributed by atoms with Gasteiger partial charge in [-0.05, 0) is 0 Å². The molecule has 0 saturated carbocycles. The van der Waals surface area contributed by atoms with E-state index in [1.807, 2.05) is 6.20 Å². The van der Waals surface area contributed by atoms with Gasteiger partial charge in [-0.15, -0.1) is 24.8 Å². The van der Waals surface area contributed by atoms with Crippen LogP contribution in [-0.2, 0) is 29.0 Å². The third-order valence-corrected chi connectivity index (χ3v) is 7.93. The van der Waals surface area contributed by atoms with Crippen LogP contribution in [0.4, 0.5) is 0 Å². The van der Waals surface area contributed by atoms with Gasteiger partial charge in [0, 0.05) is 0 Å². The van der Waals surface area contributed by atoms with Gasteiger partial charge in [-0.1, -0.05) is 0 Å². The molecular weight excluding hydrogens is 525 g/mol. The van der Waals surface area contributed by atoms with E-state index < -0.39 is 18.2 Å². The van der Waals surface area contributed by atoms with Crippen LogP contribution < -0.4 is 6.64 Å². The standard InChI is InChI=1S/2C11H16O.C8H9N.2ClH.Ti/c2*1-8-5-6-10(12)9(7-8)11(2,3)4;1-6-4-7(2)8(3)9-5-6;;;/h2*5-7,12H,1-4H3;3-5H,1-2H3;2*1H;/q;;;;;+2/p-2. The van der Waals surface area contributed by atoms with Gasteiger partial charge in [-0.2, -0.15) is 0 Å². The van der Waals surface area contributed by atoms with Gasteiger partial charge in [0.15, 0.2) is 0 Å². The number of benzene rings is 2.